The molecule has 0 aromatic carbocycles. The van der Waals surface area contributed by atoms with E-state index in [2.05, 4.69) is 0 Å². The van der Waals surface area contributed by atoms with Crippen LogP contribution in [0.15, 0.2) is 0 Å². The summed E-state index contributed by atoms with van der Waals surface area (Å²) >= 11 is 0. The first-order valence-electron chi connectivity index (χ1n) is 6.28. The molecule has 9 nitrogen and oxygen atoms in total. The van der Waals surface area contributed by atoms with E-state index in [4.69, 9.17) is 24.1 Å². The molecule has 2 heterocycles. The van der Waals surface area contributed by atoms with E-state index in [0.717, 1.165) is 0 Å². The largest absolute Gasteiger partial charge is 0.394 e. The maximum atomic E-state index is 9.72. The summed E-state index contributed by atoms with van der Waals surface area (Å²) in [6.07, 6.45) is -8.83. The Hall–Kier alpha value is -0.360. The molecule has 9 heteroatoms. The van der Waals surface area contributed by atoms with E-state index < -0.39 is 55.8 Å². The molecule has 20 heavy (non-hydrogen) atoms. The number of rotatable bonds is 5. The molecule has 2 aliphatic heterocycles. The Balaban J connectivity index is 1.84. The summed E-state index contributed by atoms with van der Waals surface area (Å²) in [5.41, 5.74) is 0. The number of methoxy groups -OCH3 is 1. The number of aliphatic hydroxyl groups is 5. The molecule has 0 radical (unpaired) electrons. The monoisotopic (exact) mass is 301 g/mol. The van der Waals surface area contributed by atoms with Gasteiger partial charge < -0.3 is 44.5 Å². The Labute approximate surface area is 115 Å². The highest BCUT2D eigenvalue weighted by Crippen LogP contribution is 2.25. The minimum absolute atomic E-state index is 0.176. The van der Waals surface area contributed by atoms with Crippen LogP contribution in [0.4, 0.5) is 0 Å². The minimum Gasteiger partial charge on any atom is -0.394 e. The third kappa shape index (κ3) is 2.96. The van der Waals surface area contributed by atoms with Gasteiger partial charge in [-0.25, -0.2) is 0 Å². The Bertz CT molecular complexity index is 284. The van der Waals surface area contributed by atoms with Crippen molar-refractivity contribution in [3.63, 3.8) is 0 Å². The molecule has 2 rings (SSSR count). The minimum atomic E-state index is -1.31. The van der Waals surface area contributed by atoms with Gasteiger partial charge in [0, 0.05) is 7.11 Å². The summed E-state index contributed by atoms with van der Waals surface area (Å²) in [7, 11) is 1.33. The van der Waals surface area contributed by atoms with Crippen LogP contribution in [-0.4, -0.2) is 95.1 Å². The van der Waals surface area contributed by atoms with E-state index in [9.17, 15) is 20.4 Å². The van der Waals surface area contributed by atoms with Gasteiger partial charge >= 0.3 is 0 Å². The van der Waals surface area contributed by atoms with Crippen molar-refractivity contribution in [3.05, 3.63) is 0 Å². The number of aliphatic hydroxyl groups excluding tert-OH is 5. The first-order valence-corrected chi connectivity index (χ1v) is 6.28. The fraction of sp³-hybridized carbons (Fsp3) is 1.00. The van der Waals surface area contributed by atoms with E-state index in [1.807, 2.05) is 0 Å². The van der Waals surface area contributed by atoms with E-state index in [0.29, 0.717) is 0 Å². The second-order valence-corrected chi connectivity index (χ2v) is 4.80. The van der Waals surface area contributed by atoms with Gasteiger partial charge in [0.25, 0.3) is 0 Å². The summed E-state index contributed by atoms with van der Waals surface area (Å²) in [5.74, 6) is 0. The molecule has 0 unspecified atom stereocenters. The Kier molecular flexibility index (Phi) is 5.29. The molecule has 0 amide bonds. The average Bonchev–Trinajstić information content (AvgIpc) is 2.88. The topological polar surface area (TPSA) is 138 Å². The van der Waals surface area contributed by atoms with Crippen molar-refractivity contribution in [1.82, 2.24) is 0 Å². The zero-order chi connectivity index (χ0) is 14.9. The van der Waals surface area contributed by atoms with Crippen molar-refractivity contribution in [2.24, 2.45) is 0 Å². The molecular weight excluding hydrogens is 281 g/mol. The van der Waals surface area contributed by atoms with Crippen LogP contribution in [0.2, 0.25) is 0 Å². The molecule has 2 fully saturated rings. The van der Waals surface area contributed by atoms with Crippen LogP contribution in [-0.2, 0) is 18.9 Å². The molecule has 0 aromatic heterocycles. The predicted molar refractivity (Wildman–Crippen MR) is 61.4 cm³/mol. The van der Waals surface area contributed by atoms with Crippen LogP contribution < -0.4 is 0 Å². The van der Waals surface area contributed by atoms with Crippen LogP contribution in [0, 0.1) is 0 Å². The van der Waals surface area contributed by atoms with Crippen molar-refractivity contribution in [2.45, 2.75) is 49.2 Å². The molecule has 0 spiro atoms. The van der Waals surface area contributed by atoms with Gasteiger partial charge in [0.05, 0.1) is 13.2 Å². The third-order valence-electron chi connectivity index (χ3n) is 3.47. The molecule has 2 aliphatic rings. The average molecular weight is 301 g/mol. The summed E-state index contributed by atoms with van der Waals surface area (Å²) in [5, 5.41) is 47.4. The summed E-state index contributed by atoms with van der Waals surface area (Å²) < 4.78 is 20.4. The van der Waals surface area contributed by atoms with Gasteiger partial charge in [-0.15, -0.1) is 0 Å². The molecule has 0 saturated carbocycles. The van der Waals surface area contributed by atoms with Gasteiger partial charge in [-0.3, -0.25) is 0 Å². The molecule has 5 N–H and O–H groups in total. The van der Waals surface area contributed by atoms with Gasteiger partial charge in [-0.1, -0.05) is 0 Å². The molecule has 8 atom stereocenters. The highest BCUT2D eigenvalue weighted by atomic mass is 16.9. The van der Waals surface area contributed by atoms with E-state index in [-0.39, 0.29) is 6.61 Å². The Morgan fingerprint density at radius 1 is 0.850 bits per heavy atom. The third-order valence-corrected chi connectivity index (χ3v) is 3.47. The first-order chi connectivity index (χ1) is 9.49. The predicted octanol–water partition coefficient (Wildman–Crippen LogP) is -3.46. The lowest BCUT2D eigenvalue weighted by Crippen LogP contribution is -2.38. The van der Waals surface area contributed by atoms with Crippen molar-refractivity contribution < 1.29 is 44.5 Å². The molecule has 2 saturated heterocycles. The fourth-order valence-electron chi connectivity index (χ4n) is 2.24. The van der Waals surface area contributed by atoms with Gasteiger partial charge in [-0.2, -0.15) is 0 Å². The van der Waals surface area contributed by atoms with E-state index in [1.165, 1.54) is 7.11 Å². The van der Waals surface area contributed by atoms with Gasteiger partial charge in [0.1, 0.15) is 36.6 Å². The number of hydrogen-bond acceptors (Lipinski definition) is 9. The molecule has 118 valence electrons. The summed E-state index contributed by atoms with van der Waals surface area (Å²) in [6, 6.07) is 0. The van der Waals surface area contributed by atoms with E-state index >= 15 is 0 Å². The second kappa shape index (κ2) is 6.60. The second-order valence-electron chi connectivity index (χ2n) is 4.80. The quantitative estimate of drug-likeness (QED) is 0.328. The highest BCUT2D eigenvalue weighted by Gasteiger charge is 2.46. The smallest absolute Gasteiger partial charge is 0.186 e. The molecular formula is C11H20O9. The van der Waals surface area contributed by atoms with Crippen LogP contribution in [0.25, 0.3) is 0 Å². The van der Waals surface area contributed by atoms with Crippen LogP contribution in [0.1, 0.15) is 0 Å². The van der Waals surface area contributed by atoms with Gasteiger partial charge in [0.2, 0.25) is 0 Å². The highest BCUT2D eigenvalue weighted by molar-refractivity contribution is 4.89. The molecule has 0 aromatic rings. The van der Waals surface area contributed by atoms with E-state index in [1.54, 1.807) is 0 Å². The zero-order valence-electron chi connectivity index (χ0n) is 10.9. The lowest BCUT2D eigenvalue weighted by atomic mass is 10.1. The van der Waals surface area contributed by atoms with Crippen molar-refractivity contribution in [1.29, 1.82) is 0 Å². The summed E-state index contributed by atoms with van der Waals surface area (Å²) in [4.78, 5) is 0. The Morgan fingerprint density at radius 2 is 1.40 bits per heavy atom. The number of ether oxygens (including phenoxy) is 4. The standard InChI is InChI=1S/C11H20O9/c1-17-10-8(15)7(14)5(20-10)3-18-11-9(16)6(13)4(2-12)19-11/h4-16H,2-3H2,1H3/t4-,5-,6-,7-,8+,9+,10+,11+/m1/s1/i2+1,4+1,6+1,9+1,11+1. The van der Waals surface area contributed by atoms with Gasteiger partial charge in [-0.05, 0) is 0 Å². The lowest BCUT2D eigenvalue weighted by Gasteiger charge is -2.19. The van der Waals surface area contributed by atoms with Crippen LogP contribution >= 0.6 is 0 Å². The van der Waals surface area contributed by atoms with Crippen LogP contribution in [0.3, 0.4) is 0 Å². The van der Waals surface area contributed by atoms with Crippen molar-refractivity contribution in [3.8, 4) is 0 Å². The number of hydrogen-bond donors (Lipinski definition) is 5. The maximum Gasteiger partial charge on any atom is 0.186 e. The summed E-state index contributed by atoms with van der Waals surface area (Å²) in [6.45, 7) is -0.629. The Morgan fingerprint density at radius 3 is 1.90 bits per heavy atom. The van der Waals surface area contributed by atoms with Crippen molar-refractivity contribution in [2.75, 3.05) is 20.3 Å². The fourth-order valence-corrected chi connectivity index (χ4v) is 2.24. The normalized spacial score (nSPS) is 48.9. The lowest BCUT2D eigenvalue weighted by molar-refractivity contribution is -0.201. The first kappa shape index (κ1) is 16.0. The molecule has 0 aliphatic carbocycles. The van der Waals surface area contributed by atoms with Crippen molar-refractivity contribution >= 4 is 0 Å². The zero-order valence-corrected chi connectivity index (χ0v) is 10.9. The van der Waals surface area contributed by atoms with Gasteiger partial charge in [0.15, 0.2) is 12.6 Å². The van der Waals surface area contributed by atoms with Crippen LogP contribution in [0.5, 0.6) is 0 Å². The molecule has 0 bridgehead atoms. The SMILES string of the molecule is CO[C@H]1O[C@H](CO[13C@H]2O[13C@H]([13CH2]O)[13C@@H](O)[13C@@H]2O)[C@@H](O)[C@@H]1O. The maximum absolute atomic E-state index is 9.72.